The Balaban J connectivity index is 1.73. The smallest absolute Gasteiger partial charge is 0.269 e. The molecular weight excluding hydrogens is 382 g/mol. The number of non-ortho nitro benzene ring substituents is 1. The monoisotopic (exact) mass is 403 g/mol. The van der Waals surface area contributed by atoms with Crippen LogP contribution >= 0.6 is 0 Å². The topological polar surface area (TPSA) is 102 Å². The summed E-state index contributed by atoms with van der Waals surface area (Å²) in [7, 11) is -3.84. The number of rotatable bonds is 3. The molecule has 0 aromatic heterocycles. The zero-order valence-corrected chi connectivity index (χ0v) is 16.0. The molecule has 1 spiro atoms. The summed E-state index contributed by atoms with van der Waals surface area (Å²) in [6.07, 6.45) is 1.40. The van der Waals surface area contributed by atoms with Crippen molar-refractivity contribution in [3.8, 4) is 5.75 Å². The lowest BCUT2D eigenvalue weighted by molar-refractivity contribution is -0.384. The van der Waals surface area contributed by atoms with Gasteiger partial charge in [0.2, 0.25) is 10.0 Å². The van der Waals surface area contributed by atoms with Crippen molar-refractivity contribution >= 4 is 15.7 Å². The predicted molar refractivity (Wildman–Crippen MR) is 103 cm³/mol. The summed E-state index contributed by atoms with van der Waals surface area (Å²) >= 11 is 0. The molecule has 0 atom stereocenters. The Hall–Kier alpha value is -2.49. The summed E-state index contributed by atoms with van der Waals surface area (Å²) < 4.78 is 34.5. The van der Waals surface area contributed by atoms with Crippen molar-refractivity contribution in [1.29, 1.82) is 0 Å². The zero-order valence-electron chi connectivity index (χ0n) is 15.2. The fourth-order valence-electron chi connectivity index (χ4n) is 3.77. The Morgan fingerprint density at radius 2 is 1.75 bits per heavy atom. The van der Waals surface area contributed by atoms with Crippen LogP contribution in [0.2, 0.25) is 0 Å². The Labute approximate surface area is 163 Å². The van der Waals surface area contributed by atoms with E-state index in [1.165, 1.54) is 28.6 Å². The van der Waals surface area contributed by atoms with Gasteiger partial charge in [-0.1, -0.05) is 18.2 Å². The van der Waals surface area contributed by atoms with Crippen LogP contribution in [0.25, 0.3) is 0 Å². The number of nitrogens with one attached hydrogen (secondary N) is 1. The number of benzene rings is 2. The van der Waals surface area contributed by atoms with Crippen LogP contribution in [0.15, 0.2) is 53.4 Å². The molecular formula is C19H21N3O5S. The van der Waals surface area contributed by atoms with E-state index in [2.05, 4.69) is 5.32 Å². The molecule has 28 heavy (non-hydrogen) atoms. The van der Waals surface area contributed by atoms with E-state index in [4.69, 9.17) is 4.74 Å². The Morgan fingerprint density at radius 1 is 1.07 bits per heavy atom. The van der Waals surface area contributed by atoms with Gasteiger partial charge in [-0.25, -0.2) is 8.42 Å². The molecule has 2 aliphatic heterocycles. The number of nitro benzene ring substituents is 1. The number of ether oxygens (including phenoxy) is 1. The van der Waals surface area contributed by atoms with Gasteiger partial charge in [0.25, 0.3) is 5.69 Å². The average molecular weight is 403 g/mol. The van der Waals surface area contributed by atoms with E-state index in [9.17, 15) is 18.5 Å². The second-order valence-electron chi connectivity index (χ2n) is 7.17. The maximum Gasteiger partial charge on any atom is 0.269 e. The fraction of sp³-hybridized carbons (Fsp3) is 0.368. The predicted octanol–water partition coefficient (Wildman–Crippen LogP) is 2.30. The van der Waals surface area contributed by atoms with Crippen LogP contribution in [0.1, 0.15) is 18.4 Å². The van der Waals surface area contributed by atoms with E-state index in [0.29, 0.717) is 18.6 Å². The Morgan fingerprint density at radius 3 is 2.43 bits per heavy atom. The van der Waals surface area contributed by atoms with Crippen molar-refractivity contribution in [3.05, 3.63) is 64.2 Å². The molecule has 0 radical (unpaired) electrons. The van der Waals surface area contributed by atoms with Gasteiger partial charge in [0.15, 0.2) is 0 Å². The average Bonchev–Trinajstić information content (AvgIpc) is 2.85. The van der Waals surface area contributed by atoms with E-state index < -0.39 is 20.5 Å². The van der Waals surface area contributed by atoms with Crippen molar-refractivity contribution in [2.24, 2.45) is 0 Å². The van der Waals surface area contributed by atoms with Gasteiger partial charge in [0.05, 0.1) is 16.4 Å². The molecule has 2 aromatic carbocycles. The van der Waals surface area contributed by atoms with Gasteiger partial charge in [-0.15, -0.1) is 0 Å². The van der Waals surface area contributed by atoms with E-state index in [1.54, 1.807) is 0 Å². The highest BCUT2D eigenvalue weighted by molar-refractivity contribution is 7.89. The molecule has 2 aliphatic rings. The zero-order chi connectivity index (χ0) is 19.8. The van der Waals surface area contributed by atoms with Crippen molar-refractivity contribution in [2.45, 2.75) is 29.9 Å². The molecule has 0 amide bonds. The normalized spacial score (nSPS) is 19.4. The van der Waals surface area contributed by atoms with Crippen LogP contribution in [-0.4, -0.2) is 42.9 Å². The molecule has 0 bridgehead atoms. The van der Waals surface area contributed by atoms with Crippen molar-refractivity contribution in [1.82, 2.24) is 9.62 Å². The lowest BCUT2D eigenvalue weighted by Gasteiger charge is -2.39. The van der Waals surface area contributed by atoms with E-state index in [0.717, 1.165) is 18.7 Å². The lowest BCUT2D eigenvalue weighted by atomic mass is 9.92. The number of nitrogens with zero attached hydrogens (tertiary/aromatic N) is 2. The van der Waals surface area contributed by atoms with Gasteiger partial charge < -0.3 is 10.1 Å². The number of piperidine rings is 1. The van der Waals surface area contributed by atoms with Crippen LogP contribution in [-0.2, 0) is 16.6 Å². The number of hydrogen-bond acceptors (Lipinski definition) is 6. The van der Waals surface area contributed by atoms with Crippen LogP contribution < -0.4 is 10.1 Å². The van der Waals surface area contributed by atoms with Gasteiger partial charge in [-0.3, -0.25) is 10.1 Å². The third kappa shape index (κ3) is 3.48. The van der Waals surface area contributed by atoms with Crippen molar-refractivity contribution in [3.63, 3.8) is 0 Å². The molecule has 0 unspecified atom stereocenters. The summed E-state index contributed by atoms with van der Waals surface area (Å²) in [5.74, 6) is 0.714. The highest BCUT2D eigenvalue weighted by atomic mass is 32.2. The first-order valence-electron chi connectivity index (χ1n) is 9.12. The number of para-hydroxylation sites is 1. The number of sulfonamides is 1. The van der Waals surface area contributed by atoms with E-state index >= 15 is 0 Å². The lowest BCUT2D eigenvalue weighted by Crippen LogP contribution is -2.53. The molecule has 4 rings (SSSR count). The minimum atomic E-state index is -3.84. The van der Waals surface area contributed by atoms with Gasteiger partial charge in [-0.2, -0.15) is 4.31 Å². The van der Waals surface area contributed by atoms with E-state index in [-0.39, 0.29) is 23.7 Å². The third-order valence-corrected chi connectivity index (χ3v) is 7.12. The first kappa shape index (κ1) is 18.9. The minimum absolute atomic E-state index is 0.0431. The second-order valence-corrected chi connectivity index (χ2v) is 9.10. The van der Waals surface area contributed by atoms with Crippen LogP contribution in [0.4, 0.5) is 5.69 Å². The van der Waals surface area contributed by atoms with Crippen molar-refractivity contribution in [2.75, 3.05) is 19.6 Å². The quantitative estimate of drug-likeness (QED) is 0.623. The van der Waals surface area contributed by atoms with Crippen LogP contribution in [0, 0.1) is 10.1 Å². The summed E-state index contributed by atoms with van der Waals surface area (Å²) in [6, 6.07) is 12.5. The summed E-state index contributed by atoms with van der Waals surface area (Å²) in [6.45, 7) is 1.95. The van der Waals surface area contributed by atoms with Crippen LogP contribution in [0.3, 0.4) is 0 Å². The SMILES string of the molecule is O=[N+]([O-])c1ccc(S(=O)(=O)N2Cc3ccccc3OC3(CCNCC3)C2)cc1. The van der Waals surface area contributed by atoms with Gasteiger partial charge in [0, 0.05) is 37.1 Å². The molecule has 2 heterocycles. The highest BCUT2D eigenvalue weighted by Gasteiger charge is 2.42. The standard InChI is InChI=1S/C19H21N3O5S/c23-22(24)16-5-7-17(8-6-16)28(25,26)21-13-15-3-1-2-4-18(15)27-19(14-21)9-11-20-12-10-19/h1-8,20H,9-14H2. The molecule has 9 heteroatoms. The Kier molecular flexibility index (Phi) is 4.82. The Bertz CT molecular complexity index is 985. The molecule has 2 aromatic rings. The van der Waals surface area contributed by atoms with Crippen LogP contribution in [0.5, 0.6) is 5.75 Å². The minimum Gasteiger partial charge on any atom is -0.485 e. The first-order chi connectivity index (χ1) is 13.4. The summed E-state index contributed by atoms with van der Waals surface area (Å²) in [5.41, 5.74) is 0.0767. The molecule has 148 valence electrons. The first-order valence-corrected chi connectivity index (χ1v) is 10.6. The highest BCUT2D eigenvalue weighted by Crippen LogP contribution is 2.36. The number of fused-ring (bicyclic) bond motifs is 1. The maximum atomic E-state index is 13.3. The van der Waals surface area contributed by atoms with Gasteiger partial charge in [-0.05, 0) is 31.3 Å². The molecule has 1 N–H and O–H groups in total. The third-order valence-electron chi connectivity index (χ3n) is 5.31. The largest absolute Gasteiger partial charge is 0.485 e. The molecule has 0 saturated carbocycles. The molecule has 1 fully saturated rings. The number of nitro groups is 1. The van der Waals surface area contributed by atoms with Crippen molar-refractivity contribution < 1.29 is 18.1 Å². The number of hydrogen-bond donors (Lipinski definition) is 1. The summed E-state index contributed by atoms with van der Waals surface area (Å²) in [4.78, 5) is 10.4. The molecule has 8 nitrogen and oxygen atoms in total. The van der Waals surface area contributed by atoms with Gasteiger partial charge in [0.1, 0.15) is 11.4 Å². The molecule has 0 aliphatic carbocycles. The molecule has 1 saturated heterocycles. The second kappa shape index (κ2) is 7.16. The fourth-order valence-corrected chi connectivity index (χ4v) is 5.26. The van der Waals surface area contributed by atoms with Gasteiger partial charge >= 0.3 is 0 Å². The summed E-state index contributed by atoms with van der Waals surface area (Å²) in [5, 5.41) is 14.2. The maximum absolute atomic E-state index is 13.3. The van der Waals surface area contributed by atoms with E-state index in [1.807, 2.05) is 24.3 Å².